The molecule has 0 radical (unpaired) electrons. The van der Waals surface area contributed by atoms with Gasteiger partial charge in [-0.15, -0.1) is 0 Å². The van der Waals surface area contributed by atoms with Crippen molar-refractivity contribution < 1.29 is 0 Å². The zero-order chi connectivity index (χ0) is 14.3. The van der Waals surface area contributed by atoms with Gasteiger partial charge in [0.25, 0.3) is 0 Å². The summed E-state index contributed by atoms with van der Waals surface area (Å²) in [7, 11) is 0. The van der Waals surface area contributed by atoms with Crippen LogP contribution in [0.5, 0.6) is 0 Å². The predicted molar refractivity (Wildman–Crippen MR) is 83.5 cm³/mol. The van der Waals surface area contributed by atoms with E-state index in [2.05, 4.69) is 15.2 Å². The minimum Gasteiger partial charge on any atom is -0.259 e. The predicted octanol–water partition coefficient (Wildman–Crippen LogP) is 4.95. The molecule has 0 saturated heterocycles. The molecule has 2 aromatic carbocycles. The lowest BCUT2D eigenvalue weighted by Crippen LogP contribution is -1.99. The number of benzene rings is 2. The molecule has 1 aromatic heterocycles. The monoisotopic (exact) mass is 273 g/mol. The van der Waals surface area contributed by atoms with Crippen molar-refractivity contribution in [3.8, 4) is 0 Å². The molecule has 1 heterocycles. The Morgan fingerprint density at radius 2 is 1.38 bits per heavy atom. The Labute approximate surface area is 124 Å². The summed E-state index contributed by atoms with van der Waals surface area (Å²) in [6.45, 7) is 0. The summed E-state index contributed by atoms with van der Waals surface area (Å²) in [4.78, 5) is 4.41. The van der Waals surface area contributed by atoms with E-state index in [4.69, 9.17) is 0 Å². The lowest BCUT2D eigenvalue weighted by Gasteiger charge is -2.10. The molecule has 0 N–H and O–H groups in total. The molecule has 3 aromatic rings. The van der Waals surface area contributed by atoms with Crippen LogP contribution in [0.3, 0.4) is 0 Å². The van der Waals surface area contributed by atoms with Crippen LogP contribution in [-0.4, -0.2) is 4.98 Å². The van der Waals surface area contributed by atoms with Gasteiger partial charge < -0.3 is 0 Å². The highest BCUT2D eigenvalue weighted by Crippen LogP contribution is 2.26. The van der Waals surface area contributed by atoms with Gasteiger partial charge in [-0.1, -0.05) is 54.6 Å². The molecule has 21 heavy (non-hydrogen) atoms. The van der Waals surface area contributed by atoms with Gasteiger partial charge in [-0.05, 0) is 29.8 Å². The minimum atomic E-state index is -0.187. The van der Waals surface area contributed by atoms with Crippen LogP contribution < -0.4 is 0 Å². The second kappa shape index (κ2) is 6.57. The quantitative estimate of drug-likeness (QED) is 0.619. The number of azo groups is 1. The molecule has 3 rings (SSSR count). The summed E-state index contributed by atoms with van der Waals surface area (Å²) in [5, 5.41) is 8.84. The minimum absolute atomic E-state index is 0.187. The smallest absolute Gasteiger partial charge is 0.138 e. The van der Waals surface area contributed by atoms with Crippen LogP contribution >= 0.6 is 0 Å². The van der Waals surface area contributed by atoms with Crippen molar-refractivity contribution in [3.63, 3.8) is 0 Å². The summed E-state index contributed by atoms with van der Waals surface area (Å²) in [6.07, 6.45) is 1.78. The van der Waals surface area contributed by atoms with Crippen molar-refractivity contribution in [1.29, 1.82) is 0 Å². The first kappa shape index (κ1) is 13.2. The first-order valence-corrected chi connectivity index (χ1v) is 6.85. The van der Waals surface area contributed by atoms with Crippen LogP contribution in [0.25, 0.3) is 0 Å². The molecule has 0 aliphatic heterocycles. The van der Waals surface area contributed by atoms with E-state index in [1.807, 2.05) is 78.9 Å². The van der Waals surface area contributed by atoms with Crippen LogP contribution in [0.1, 0.15) is 17.3 Å². The van der Waals surface area contributed by atoms with E-state index in [0.29, 0.717) is 0 Å². The maximum atomic E-state index is 4.50. The lowest BCUT2D eigenvalue weighted by molar-refractivity contribution is 0.778. The molecular formula is C18H15N3. The molecule has 0 aliphatic rings. The molecule has 0 spiro atoms. The third-order valence-electron chi connectivity index (χ3n) is 3.13. The fourth-order valence-electron chi connectivity index (χ4n) is 2.09. The third-order valence-corrected chi connectivity index (χ3v) is 3.13. The van der Waals surface area contributed by atoms with Gasteiger partial charge in [0, 0.05) is 6.20 Å². The van der Waals surface area contributed by atoms with E-state index in [9.17, 15) is 0 Å². The normalized spacial score (nSPS) is 12.4. The Hall–Kier alpha value is -2.81. The van der Waals surface area contributed by atoms with E-state index < -0.39 is 0 Å². The molecule has 0 fully saturated rings. The topological polar surface area (TPSA) is 37.6 Å². The Morgan fingerprint density at radius 1 is 0.714 bits per heavy atom. The number of rotatable bonds is 4. The molecule has 1 atom stereocenters. The van der Waals surface area contributed by atoms with Crippen molar-refractivity contribution in [2.24, 2.45) is 10.2 Å². The summed E-state index contributed by atoms with van der Waals surface area (Å²) in [5.74, 6) is 0. The van der Waals surface area contributed by atoms with E-state index >= 15 is 0 Å². The van der Waals surface area contributed by atoms with Crippen LogP contribution in [0.2, 0.25) is 0 Å². The Bertz CT molecular complexity index is 655. The highest BCUT2D eigenvalue weighted by Gasteiger charge is 2.13. The Morgan fingerprint density at radius 3 is 2.05 bits per heavy atom. The fraction of sp³-hybridized carbons (Fsp3) is 0.0556. The summed E-state index contributed by atoms with van der Waals surface area (Å²) in [5.41, 5.74) is 2.81. The molecule has 1 unspecified atom stereocenters. The van der Waals surface area contributed by atoms with E-state index in [1.54, 1.807) is 6.20 Å². The van der Waals surface area contributed by atoms with Crippen molar-refractivity contribution in [3.05, 3.63) is 96.3 Å². The third kappa shape index (κ3) is 3.39. The number of nitrogens with zero attached hydrogens (tertiary/aromatic N) is 3. The van der Waals surface area contributed by atoms with E-state index in [-0.39, 0.29) is 6.04 Å². The molecule has 0 saturated carbocycles. The molecule has 0 bridgehead atoms. The van der Waals surface area contributed by atoms with Gasteiger partial charge >= 0.3 is 0 Å². The molecule has 3 nitrogen and oxygen atoms in total. The largest absolute Gasteiger partial charge is 0.259 e. The van der Waals surface area contributed by atoms with Crippen molar-refractivity contribution >= 4 is 5.69 Å². The number of pyridine rings is 1. The molecule has 3 heteroatoms. The van der Waals surface area contributed by atoms with Gasteiger partial charge in [0.2, 0.25) is 0 Å². The molecular weight excluding hydrogens is 258 g/mol. The Balaban J connectivity index is 1.96. The van der Waals surface area contributed by atoms with Crippen molar-refractivity contribution in [2.45, 2.75) is 6.04 Å². The molecule has 0 amide bonds. The van der Waals surface area contributed by atoms with Gasteiger partial charge in [-0.2, -0.15) is 10.2 Å². The summed E-state index contributed by atoms with van der Waals surface area (Å²) in [6, 6.07) is 25.5. The summed E-state index contributed by atoms with van der Waals surface area (Å²) >= 11 is 0. The zero-order valence-electron chi connectivity index (χ0n) is 11.5. The van der Waals surface area contributed by atoms with Crippen molar-refractivity contribution in [1.82, 2.24) is 4.98 Å². The highest BCUT2D eigenvalue weighted by molar-refractivity contribution is 5.35. The van der Waals surface area contributed by atoms with Gasteiger partial charge in [0.05, 0.1) is 11.4 Å². The highest BCUT2D eigenvalue weighted by atomic mass is 15.1. The maximum absolute atomic E-state index is 4.50. The zero-order valence-corrected chi connectivity index (χ0v) is 11.5. The fourth-order valence-corrected chi connectivity index (χ4v) is 2.09. The second-order valence-electron chi connectivity index (χ2n) is 4.62. The number of hydrogen-bond acceptors (Lipinski definition) is 3. The SMILES string of the molecule is c1ccc(N=NC(c2ccccc2)c2ccccn2)cc1. The van der Waals surface area contributed by atoms with E-state index in [1.165, 1.54) is 0 Å². The second-order valence-corrected chi connectivity index (χ2v) is 4.62. The lowest BCUT2D eigenvalue weighted by atomic mass is 10.0. The van der Waals surface area contributed by atoms with Gasteiger partial charge in [-0.3, -0.25) is 4.98 Å². The Kier molecular flexibility index (Phi) is 4.12. The maximum Gasteiger partial charge on any atom is 0.138 e. The number of hydrogen-bond donors (Lipinski definition) is 0. The van der Waals surface area contributed by atoms with Crippen LogP contribution in [0, 0.1) is 0 Å². The standard InChI is InChI=1S/C18H15N3/c1-3-9-15(10-4-1)18(17-13-7-8-14-19-17)21-20-16-11-5-2-6-12-16/h1-14,18H. The van der Waals surface area contributed by atoms with Gasteiger partial charge in [-0.25, -0.2) is 0 Å². The van der Waals surface area contributed by atoms with Gasteiger partial charge in [0.1, 0.15) is 6.04 Å². The van der Waals surface area contributed by atoms with Crippen LogP contribution in [-0.2, 0) is 0 Å². The van der Waals surface area contributed by atoms with Crippen molar-refractivity contribution in [2.75, 3.05) is 0 Å². The molecule has 102 valence electrons. The molecule has 0 aliphatic carbocycles. The van der Waals surface area contributed by atoms with Crippen LogP contribution in [0.4, 0.5) is 5.69 Å². The average molecular weight is 273 g/mol. The van der Waals surface area contributed by atoms with Gasteiger partial charge in [0.15, 0.2) is 0 Å². The first-order chi connectivity index (χ1) is 10.4. The first-order valence-electron chi connectivity index (χ1n) is 6.85. The number of aromatic nitrogens is 1. The average Bonchev–Trinajstić information content (AvgIpc) is 2.58. The van der Waals surface area contributed by atoms with E-state index in [0.717, 1.165) is 16.9 Å². The van der Waals surface area contributed by atoms with Crippen LogP contribution in [0.15, 0.2) is 95.3 Å². The summed E-state index contributed by atoms with van der Waals surface area (Å²) < 4.78 is 0.